The van der Waals surface area contributed by atoms with E-state index in [-0.39, 0.29) is 12.5 Å². The highest BCUT2D eigenvalue weighted by atomic mass is 32.1. The Balaban J connectivity index is 1.74. The van der Waals surface area contributed by atoms with Crippen molar-refractivity contribution in [1.82, 2.24) is 9.88 Å². The lowest BCUT2D eigenvalue weighted by Gasteiger charge is -2.32. The Bertz CT molecular complexity index is 722. The predicted molar refractivity (Wildman–Crippen MR) is 81.0 cm³/mol. The first-order valence-corrected chi connectivity index (χ1v) is 7.96. The van der Waals surface area contributed by atoms with Crippen LogP contribution in [0, 0.1) is 11.6 Å². The Morgan fingerprint density at radius 3 is 2.96 bits per heavy atom. The number of hydrogen-bond donors (Lipinski definition) is 1. The van der Waals surface area contributed by atoms with Crippen molar-refractivity contribution in [2.45, 2.75) is 12.6 Å². The van der Waals surface area contributed by atoms with E-state index in [2.05, 4.69) is 4.98 Å². The van der Waals surface area contributed by atoms with Gasteiger partial charge in [-0.15, -0.1) is 11.3 Å². The van der Waals surface area contributed by atoms with E-state index in [4.69, 9.17) is 10.5 Å². The number of ether oxygens (including phenoxy) is 1. The largest absolute Gasteiger partial charge is 0.370 e. The summed E-state index contributed by atoms with van der Waals surface area (Å²) in [5.74, 6) is -2.05. The van der Waals surface area contributed by atoms with Crippen molar-refractivity contribution in [3.63, 3.8) is 0 Å². The van der Waals surface area contributed by atoms with Crippen molar-refractivity contribution in [2.75, 3.05) is 19.7 Å². The lowest BCUT2D eigenvalue weighted by Crippen LogP contribution is -2.42. The molecule has 1 saturated heterocycles. The van der Waals surface area contributed by atoms with E-state index in [0.29, 0.717) is 36.0 Å². The Labute approximate surface area is 135 Å². The zero-order chi connectivity index (χ0) is 16.4. The van der Waals surface area contributed by atoms with Crippen molar-refractivity contribution in [3.05, 3.63) is 51.5 Å². The molecule has 5 nitrogen and oxygen atoms in total. The number of nitrogens with two attached hydrogens (primary N) is 1. The number of aromatic nitrogens is 1. The number of benzene rings is 1. The van der Waals surface area contributed by atoms with Crippen LogP contribution in [0.4, 0.5) is 8.78 Å². The molecular formula is C15H15F2N3O2S. The van der Waals surface area contributed by atoms with Gasteiger partial charge in [-0.2, -0.15) is 0 Å². The Morgan fingerprint density at radius 1 is 1.43 bits per heavy atom. The number of carbonyl (C=O) groups is 1. The summed E-state index contributed by atoms with van der Waals surface area (Å²) in [7, 11) is 0. The van der Waals surface area contributed by atoms with Crippen LogP contribution in [0.1, 0.15) is 27.2 Å². The van der Waals surface area contributed by atoms with Crippen molar-refractivity contribution >= 4 is 17.2 Å². The van der Waals surface area contributed by atoms with Gasteiger partial charge in [0.25, 0.3) is 5.91 Å². The normalized spacial score (nSPS) is 18.2. The molecule has 1 fully saturated rings. The number of thiazole rings is 1. The molecule has 0 radical (unpaired) electrons. The van der Waals surface area contributed by atoms with Gasteiger partial charge in [-0.25, -0.2) is 13.8 Å². The van der Waals surface area contributed by atoms with Crippen LogP contribution in [0.2, 0.25) is 0 Å². The molecule has 1 aromatic carbocycles. The van der Waals surface area contributed by atoms with Crippen LogP contribution in [-0.4, -0.2) is 35.5 Å². The molecule has 2 heterocycles. The first kappa shape index (κ1) is 16.0. The molecule has 1 aromatic heterocycles. The van der Waals surface area contributed by atoms with Crippen molar-refractivity contribution in [1.29, 1.82) is 0 Å². The maximum absolute atomic E-state index is 13.4. The number of hydrogen-bond acceptors (Lipinski definition) is 5. The van der Waals surface area contributed by atoms with E-state index >= 15 is 0 Å². The first-order valence-electron chi connectivity index (χ1n) is 7.09. The van der Waals surface area contributed by atoms with Crippen molar-refractivity contribution < 1.29 is 18.3 Å². The van der Waals surface area contributed by atoms with E-state index in [1.807, 2.05) is 0 Å². The summed E-state index contributed by atoms with van der Waals surface area (Å²) in [5.41, 5.74) is 6.35. The third kappa shape index (κ3) is 3.39. The maximum atomic E-state index is 13.4. The third-order valence-electron chi connectivity index (χ3n) is 3.61. The van der Waals surface area contributed by atoms with Crippen LogP contribution in [0.25, 0.3) is 0 Å². The topological polar surface area (TPSA) is 68.5 Å². The van der Waals surface area contributed by atoms with Gasteiger partial charge < -0.3 is 15.4 Å². The summed E-state index contributed by atoms with van der Waals surface area (Å²) >= 11 is 1.34. The lowest BCUT2D eigenvalue weighted by atomic mass is 10.1. The standard InChI is InChI=1S/C15H15F2N3O2S/c16-10-2-1-9(5-11(10)17)13-7-20(3-4-22-13)15(21)12-8-23-14(6-18)19-12/h1-2,5,8,13H,3-4,6-7,18H2. The van der Waals surface area contributed by atoms with Crippen molar-refractivity contribution in [3.8, 4) is 0 Å². The fourth-order valence-electron chi connectivity index (χ4n) is 2.41. The molecule has 122 valence electrons. The fraction of sp³-hybridized carbons (Fsp3) is 0.333. The molecular weight excluding hydrogens is 324 g/mol. The molecule has 1 amide bonds. The summed E-state index contributed by atoms with van der Waals surface area (Å²) in [6.45, 7) is 1.30. The molecule has 8 heteroatoms. The van der Waals surface area contributed by atoms with Crippen LogP contribution in [0.15, 0.2) is 23.6 Å². The number of morpholine rings is 1. The van der Waals surface area contributed by atoms with E-state index in [1.54, 1.807) is 10.3 Å². The number of nitrogens with zero attached hydrogens (tertiary/aromatic N) is 2. The van der Waals surface area contributed by atoms with Crippen LogP contribution in [0.5, 0.6) is 0 Å². The Morgan fingerprint density at radius 2 is 2.26 bits per heavy atom. The Kier molecular flexibility index (Phi) is 4.65. The zero-order valence-electron chi connectivity index (χ0n) is 12.2. The quantitative estimate of drug-likeness (QED) is 0.930. The lowest BCUT2D eigenvalue weighted by molar-refractivity contribution is -0.0231. The van der Waals surface area contributed by atoms with Gasteiger partial charge in [0.1, 0.15) is 16.8 Å². The molecule has 1 unspecified atom stereocenters. The summed E-state index contributed by atoms with van der Waals surface area (Å²) in [6, 6.07) is 3.62. The van der Waals surface area contributed by atoms with E-state index < -0.39 is 17.7 Å². The predicted octanol–water partition coefficient (Wildman–Crippen LogP) is 2.09. The second-order valence-corrected chi connectivity index (χ2v) is 6.06. The SMILES string of the molecule is NCc1nc(C(=O)N2CCOC(c3ccc(F)c(F)c3)C2)cs1. The maximum Gasteiger partial charge on any atom is 0.273 e. The molecule has 0 bridgehead atoms. The van der Waals surface area contributed by atoms with Crippen LogP contribution < -0.4 is 5.73 Å². The minimum atomic E-state index is -0.929. The van der Waals surface area contributed by atoms with Crippen LogP contribution >= 0.6 is 11.3 Å². The second-order valence-electron chi connectivity index (χ2n) is 5.11. The highest BCUT2D eigenvalue weighted by Gasteiger charge is 2.27. The fourth-order valence-corrected chi connectivity index (χ4v) is 3.06. The van der Waals surface area contributed by atoms with Gasteiger partial charge in [-0.1, -0.05) is 6.07 Å². The van der Waals surface area contributed by atoms with Crippen LogP contribution in [-0.2, 0) is 11.3 Å². The average molecular weight is 339 g/mol. The highest BCUT2D eigenvalue weighted by Crippen LogP contribution is 2.25. The van der Waals surface area contributed by atoms with E-state index in [1.165, 1.54) is 17.4 Å². The molecule has 3 rings (SSSR count). The summed E-state index contributed by atoms with van der Waals surface area (Å²) in [5, 5.41) is 2.37. The summed E-state index contributed by atoms with van der Waals surface area (Å²) < 4.78 is 32.0. The van der Waals surface area contributed by atoms with Gasteiger partial charge in [-0.05, 0) is 17.7 Å². The van der Waals surface area contributed by atoms with Gasteiger partial charge in [0.2, 0.25) is 0 Å². The minimum absolute atomic E-state index is 0.211. The van der Waals surface area contributed by atoms with Gasteiger partial charge in [0.05, 0.1) is 13.2 Å². The summed E-state index contributed by atoms with van der Waals surface area (Å²) in [4.78, 5) is 18.2. The third-order valence-corrected chi connectivity index (χ3v) is 4.49. The second kappa shape index (κ2) is 6.69. The molecule has 2 N–H and O–H groups in total. The van der Waals surface area contributed by atoms with E-state index in [0.717, 1.165) is 12.1 Å². The molecule has 0 aliphatic carbocycles. The number of carbonyl (C=O) groups excluding carboxylic acids is 1. The van der Waals surface area contributed by atoms with Gasteiger partial charge >= 0.3 is 0 Å². The minimum Gasteiger partial charge on any atom is -0.370 e. The van der Waals surface area contributed by atoms with Gasteiger partial charge in [0, 0.05) is 18.5 Å². The monoisotopic (exact) mass is 339 g/mol. The zero-order valence-corrected chi connectivity index (χ0v) is 13.0. The Hall–Kier alpha value is -1.90. The van der Waals surface area contributed by atoms with E-state index in [9.17, 15) is 13.6 Å². The molecule has 1 aliphatic rings. The highest BCUT2D eigenvalue weighted by molar-refractivity contribution is 7.09. The number of amides is 1. The van der Waals surface area contributed by atoms with Gasteiger partial charge in [0.15, 0.2) is 11.6 Å². The molecule has 2 aromatic rings. The van der Waals surface area contributed by atoms with Gasteiger partial charge in [-0.3, -0.25) is 4.79 Å². The first-order chi connectivity index (χ1) is 11.1. The molecule has 1 aliphatic heterocycles. The smallest absolute Gasteiger partial charge is 0.273 e. The summed E-state index contributed by atoms with van der Waals surface area (Å²) in [6.07, 6.45) is -0.490. The molecule has 1 atom stereocenters. The molecule has 23 heavy (non-hydrogen) atoms. The van der Waals surface area contributed by atoms with Crippen LogP contribution in [0.3, 0.4) is 0 Å². The molecule has 0 spiro atoms. The molecule has 0 saturated carbocycles. The average Bonchev–Trinajstić information content (AvgIpc) is 3.06. The number of halogens is 2. The number of rotatable bonds is 3. The van der Waals surface area contributed by atoms with Crippen molar-refractivity contribution in [2.24, 2.45) is 5.73 Å².